The van der Waals surface area contributed by atoms with E-state index < -0.39 is 0 Å². The van der Waals surface area contributed by atoms with Crippen LogP contribution in [-0.2, 0) is 0 Å². The predicted octanol–water partition coefficient (Wildman–Crippen LogP) is 4.78. The van der Waals surface area contributed by atoms with Crippen LogP contribution in [0.25, 0.3) is 16.9 Å². The quantitative estimate of drug-likeness (QED) is 0.675. The lowest BCUT2D eigenvalue weighted by molar-refractivity contribution is 0.0715. The largest absolute Gasteiger partial charge is 0.337 e. The molecule has 1 amide bonds. The van der Waals surface area contributed by atoms with Gasteiger partial charge >= 0.3 is 0 Å². The Kier molecular flexibility index (Phi) is 4.80. The number of hydrogen-bond acceptors (Lipinski definition) is 2. The first-order valence-electron chi connectivity index (χ1n) is 9.66. The van der Waals surface area contributed by atoms with Crippen LogP contribution in [0.4, 0.5) is 0 Å². The van der Waals surface area contributed by atoms with Gasteiger partial charge in [-0.25, -0.2) is 4.68 Å². The number of carbonyl (C=O) groups excluding carboxylic acids is 1. The van der Waals surface area contributed by atoms with Crippen molar-refractivity contribution in [3.05, 3.63) is 71.4 Å². The van der Waals surface area contributed by atoms with E-state index in [4.69, 9.17) is 5.10 Å². The van der Waals surface area contributed by atoms with Gasteiger partial charge in [-0.15, -0.1) is 0 Å². The van der Waals surface area contributed by atoms with E-state index in [2.05, 4.69) is 32.0 Å². The van der Waals surface area contributed by atoms with E-state index in [-0.39, 0.29) is 5.91 Å². The molecule has 0 saturated carbocycles. The molecule has 1 fully saturated rings. The van der Waals surface area contributed by atoms with Crippen molar-refractivity contribution >= 4 is 5.91 Å². The maximum Gasteiger partial charge on any atom is 0.272 e. The Bertz CT molecular complexity index is 953. The van der Waals surface area contributed by atoms with E-state index in [1.54, 1.807) is 0 Å². The van der Waals surface area contributed by atoms with Gasteiger partial charge in [0.25, 0.3) is 5.91 Å². The number of hydrogen-bond donors (Lipinski definition) is 0. The molecule has 0 N–H and O–H groups in total. The molecule has 4 heteroatoms. The van der Waals surface area contributed by atoms with Gasteiger partial charge in [0.2, 0.25) is 0 Å². The minimum atomic E-state index is 0.0743. The molecular formula is C23H25N3O. The molecular weight excluding hydrogens is 334 g/mol. The van der Waals surface area contributed by atoms with Crippen molar-refractivity contribution in [1.82, 2.24) is 14.7 Å². The van der Waals surface area contributed by atoms with E-state index in [9.17, 15) is 4.79 Å². The van der Waals surface area contributed by atoms with Crippen molar-refractivity contribution in [2.75, 3.05) is 13.1 Å². The lowest BCUT2D eigenvalue weighted by atomic mass is 10.1. The number of likely N-dealkylation sites (tertiary alicyclic amines) is 1. The molecule has 1 aliphatic heterocycles. The normalized spacial score (nSPS) is 14.4. The number of benzene rings is 2. The van der Waals surface area contributed by atoms with Gasteiger partial charge in [-0.3, -0.25) is 4.79 Å². The highest BCUT2D eigenvalue weighted by molar-refractivity contribution is 5.94. The zero-order chi connectivity index (χ0) is 18.8. The third-order valence-electron chi connectivity index (χ3n) is 5.23. The molecule has 2 aromatic carbocycles. The molecule has 4 rings (SSSR count). The third-order valence-corrected chi connectivity index (χ3v) is 5.23. The lowest BCUT2D eigenvalue weighted by Crippen LogP contribution is -2.36. The maximum absolute atomic E-state index is 13.3. The first kappa shape index (κ1) is 17.5. The minimum absolute atomic E-state index is 0.0743. The molecule has 4 nitrogen and oxygen atoms in total. The average Bonchev–Trinajstić information content (AvgIpc) is 3.16. The molecule has 138 valence electrons. The first-order valence-corrected chi connectivity index (χ1v) is 9.66. The van der Waals surface area contributed by atoms with Crippen LogP contribution in [0.3, 0.4) is 0 Å². The fraction of sp³-hybridized carbons (Fsp3) is 0.304. The number of amides is 1. The lowest BCUT2D eigenvalue weighted by Gasteiger charge is -2.26. The summed E-state index contributed by atoms with van der Waals surface area (Å²) in [5, 5.41) is 4.84. The Hall–Kier alpha value is -2.88. The van der Waals surface area contributed by atoms with Gasteiger partial charge in [0.05, 0.1) is 11.4 Å². The van der Waals surface area contributed by atoms with Crippen LogP contribution in [-0.4, -0.2) is 33.7 Å². The van der Waals surface area contributed by atoms with Gasteiger partial charge in [0.15, 0.2) is 0 Å². The third kappa shape index (κ3) is 3.52. The van der Waals surface area contributed by atoms with Crippen LogP contribution in [0, 0.1) is 13.8 Å². The molecule has 3 aromatic rings. The summed E-state index contributed by atoms with van der Waals surface area (Å²) in [7, 11) is 0. The SMILES string of the molecule is Cc1ccc(C)c(-n2nc(-c3ccccc3)cc2C(=O)N2CCCCC2)c1. The summed E-state index contributed by atoms with van der Waals surface area (Å²) in [6.45, 7) is 5.79. The molecule has 2 heterocycles. The fourth-order valence-corrected chi connectivity index (χ4v) is 3.67. The van der Waals surface area contributed by atoms with Crippen molar-refractivity contribution in [3.8, 4) is 16.9 Å². The highest BCUT2D eigenvalue weighted by Gasteiger charge is 2.24. The van der Waals surface area contributed by atoms with E-state index >= 15 is 0 Å². The minimum Gasteiger partial charge on any atom is -0.337 e. The Balaban J connectivity index is 1.84. The number of aryl methyl sites for hydroxylation is 2. The molecule has 1 aliphatic rings. The van der Waals surface area contributed by atoms with Crippen molar-refractivity contribution in [3.63, 3.8) is 0 Å². The molecule has 0 bridgehead atoms. The summed E-state index contributed by atoms with van der Waals surface area (Å²) in [4.78, 5) is 15.3. The van der Waals surface area contributed by atoms with Crippen molar-refractivity contribution in [2.45, 2.75) is 33.1 Å². The summed E-state index contributed by atoms with van der Waals surface area (Å²) < 4.78 is 1.83. The molecule has 1 saturated heterocycles. The molecule has 1 aromatic heterocycles. The summed E-state index contributed by atoms with van der Waals surface area (Å²) >= 11 is 0. The topological polar surface area (TPSA) is 38.1 Å². The number of carbonyl (C=O) groups is 1. The van der Waals surface area contributed by atoms with Crippen molar-refractivity contribution in [1.29, 1.82) is 0 Å². The summed E-state index contributed by atoms with van der Waals surface area (Å²) in [5.41, 5.74) is 5.73. The van der Waals surface area contributed by atoms with Crippen molar-refractivity contribution < 1.29 is 4.79 Å². The zero-order valence-corrected chi connectivity index (χ0v) is 16.0. The van der Waals surface area contributed by atoms with Gasteiger partial charge in [-0.2, -0.15) is 5.10 Å². The molecule has 0 aliphatic carbocycles. The number of aromatic nitrogens is 2. The van der Waals surface area contributed by atoms with E-state index in [1.807, 2.05) is 46.0 Å². The highest BCUT2D eigenvalue weighted by Crippen LogP contribution is 2.25. The summed E-state index contributed by atoms with van der Waals surface area (Å²) in [5.74, 6) is 0.0743. The van der Waals surface area contributed by atoms with Crippen LogP contribution in [0.1, 0.15) is 40.9 Å². The summed E-state index contributed by atoms with van der Waals surface area (Å²) in [6.07, 6.45) is 3.36. The van der Waals surface area contributed by atoms with Gasteiger partial charge in [0, 0.05) is 18.7 Å². The number of rotatable bonds is 3. The Labute approximate surface area is 160 Å². The van der Waals surface area contributed by atoms with Crippen LogP contribution in [0.15, 0.2) is 54.6 Å². The van der Waals surface area contributed by atoms with Crippen molar-refractivity contribution in [2.24, 2.45) is 0 Å². The van der Waals surface area contributed by atoms with Gasteiger partial charge in [0.1, 0.15) is 5.69 Å². The van der Waals surface area contributed by atoms with Crippen LogP contribution >= 0.6 is 0 Å². The molecule has 27 heavy (non-hydrogen) atoms. The Morgan fingerprint density at radius 2 is 1.67 bits per heavy atom. The maximum atomic E-state index is 13.3. The Morgan fingerprint density at radius 1 is 0.926 bits per heavy atom. The predicted molar refractivity (Wildman–Crippen MR) is 108 cm³/mol. The zero-order valence-electron chi connectivity index (χ0n) is 16.0. The second-order valence-corrected chi connectivity index (χ2v) is 7.34. The number of piperidine rings is 1. The molecule has 0 unspecified atom stereocenters. The summed E-state index contributed by atoms with van der Waals surface area (Å²) in [6, 6.07) is 18.3. The van der Waals surface area contributed by atoms with E-state index in [0.717, 1.165) is 54.0 Å². The van der Waals surface area contributed by atoms with Gasteiger partial charge in [-0.1, -0.05) is 42.5 Å². The molecule has 0 spiro atoms. The van der Waals surface area contributed by atoms with Gasteiger partial charge < -0.3 is 4.90 Å². The van der Waals surface area contributed by atoms with Crippen LogP contribution in [0.5, 0.6) is 0 Å². The molecule has 0 radical (unpaired) electrons. The molecule has 0 atom stereocenters. The van der Waals surface area contributed by atoms with Gasteiger partial charge in [-0.05, 0) is 56.4 Å². The average molecular weight is 359 g/mol. The Morgan fingerprint density at radius 3 is 2.41 bits per heavy atom. The smallest absolute Gasteiger partial charge is 0.272 e. The second-order valence-electron chi connectivity index (χ2n) is 7.34. The van der Waals surface area contributed by atoms with Crippen LogP contribution < -0.4 is 0 Å². The van der Waals surface area contributed by atoms with E-state index in [0.29, 0.717) is 5.69 Å². The van der Waals surface area contributed by atoms with E-state index in [1.165, 1.54) is 6.42 Å². The number of nitrogens with zero attached hydrogens (tertiary/aromatic N) is 3. The fourth-order valence-electron chi connectivity index (χ4n) is 3.67. The van der Waals surface area contributed by atoms with Crippen LogP contribution in [0.2, 0.25) is 0 Å². The second kappa shape index (κ2) is 7.39. The standard InChI is InChI=1S/C23H25N3O/c1-17-11-12-18(2)21(15-17)26-22(23(27)25-13-7-4-8-14-25)16-20(24-26)19-9-5-3-6-10-19/h3,5-6,9-12,15-16H,4,7-8,13-14H2,1-2H3. The highest BCUT2D eigenvalue weighted by atomic mass is 16.2. The monoisotopic (exact) mass is 359 g/mol. The first-order chi connectivity index (χ1) is 13.1.